The van der Waals surface area contributed by atoms with Crippen molar-refractivity contribution in [2.24, 2.45) is 0 Å². The highest BCUT2D eigenvalue weighted by Crippen LogP contribution is 2.28. The zero-order valence-corrected chi connectivity index (χ0v) is 13.5. The number of hydrogen-bond donors (Lipinski definition) is 0. The van der Waals surface area contributed by atoms with Gasteiger partial charge >= 0.3 is 6.18 Å². The number of halogens is 3. The van der Waals surface area contributed by atoms with Crippen molar-refractivity contribution >= 4 is 10.0 Å². The lowest BCUT2D eigenvalue weighted by Gasteiger charge is -2.14. The summed E-state index contributed by atoms with van der Waals surface area (Å²) >= 11 is 0. The third-order valence-electron chi connectivity index (χ3n) is 3.11. The highest BCUT2D eigenvalue weighted by atomic mass is 32.2. The van der Waals surface area contributed by atoms with Crippen molar-refractivity contribution in [3.05, 3.63) is 71.3 Å². The standard InChI is InChI=1S/C17H14F3NO2S/c1-24(22,23)21(13-15-5-3-2-4-6-15)12-11-14-7-9-16(10-8-14)17(18,19)20/h2-10H,13H2,1H3. The summed E-state index contributed by atoms with van der Waals surface area (Å²) in [5, 5.41) is 0. The van der Waals surface area contributed by atoms with Crippen LogP contribution < -0.4 is 0 Å². The molecule has 126 valence electrons. The van der Waals surface area contributed by atoms with Crippen molar-refractivity contribution in [3.8, 4) is 12.0 Å². The second-order valence-corrected chi connectivity index (χ2v) is 6.97. The Balaban J connectivity index is 2.24. The zero-order valence-electron chi connectivity index (χ0n) is 12.7. The molecule has 0 aromatic heterocycles. The Bertz CT molecular complexity index is 849. The maximum absolute atomic E-state index is 12.5. The summed E-state index contributed by atoms with van der Waals surface area (Å²) in [6.45, 7) is 0.0628. The molecule has 0 spiro atoms. The molecule has 0 saturated carbocycles. The van der Waals surface area contributed by atoms with Gasteiger partial charge in [0, 0.05) is 11.6 Å². The van der Waals surface area contributed by atoms with Crippen molar-refractivity contribution in [1.29, 1.82) is 0 Å². The Labute approximate surface area is 138 Å². The van der Waals surface area contributed by atoms with Gasteiger partial charge in [0.15, 0.2) is 0 Å². The van der Waals surface area contributed by atoms with Crippen LogP contribution in [-0.4, -0.2) is 19.0 Å². The number of benzene rings is 2. The SMILES string of the molecule is CS(=O)(=O)N(C#Cc1ccc(C(F)(F)F)cc1)Cc1ccccc1. The zero-order chi connectivity index (χ0) is 17.8. The predicted octanol–water partition coefficient (Wildman–Crippen LogP) is 3.48. The lowest BCUT2D eigenvalue weighted by molar-refractivity contribution is -0.137. The van der Waals surface area contributed by atoms with Gasteiger partial charge < -0.3 is 0 Å². The molecule has 24 heavy (non-hydrogen) atoms. The van der Waals surface area contributed by atoms with E-state index in [2.05, 4.69) is 12.0 Å². The molecule has 7 heteroatoms. The van der Waals surface area contributed by atoms with Crippen molar-refractivity contribution in [1.82, 2.24) is 4.31 Å². The second kappa shape index (κ2) is 6.97. The summed E-state index contributed by atoms with van der Waals surface area (Å²) in [7, 11) is -3.58. The van der Waals surface area contributed by atoms with Gasteiger partial charge in [0.2, 0.25) is 10.0 Å². The first-order chi connectivity index (χ1) is 11.2. The van der Waals surface area contributed by atoms with Crippen LogP contribution in [-0.2, 0) is 22.7 Å². The minimum Gasteiger partial charge on any atom is -0.224 e. The number of nitrogens with zero attached hydrogens (tertiary/aromatic N) is 1. The quantitative estimate of drug-likeness (QED) is 0.626. The van der Waals surface area contributed by atoms with E-state index in [1.807, 2.05) is 6.07 Å². The lowest BCUT2D eigenvalue weighted by atomic mass is 10.1. The molecule has 3 nitrogen and oxygen atoms in total. The average molecular weight is 353 g/mol. The van der Waals surface area contributed by atoms with E-state index in [9.17, 15) is 21.6 Å². The van der Waals surface area contributed by atoms with Gasteiger partial charge in [-0.1, -0.05) is 30.3 Å². The van der Waals surface area contributed by atoms with Crippen LogP contribution in [0.15, 0.2) is 54.6 Å². The summed E-state index contributed by atoms with van der Waals surface area (Å²) in [6, 6.07) is 15.6. The monoisotopic (exact) mass is 353 g/mol. The molecule has 0 fully saturated rings. The van der Waals surface area contributed by atoms with Crippen LogP contribution >= 0.6 is 0 Å². The summed E-state index contributed by atoms with van der Waals surface area (Å²) in [5.41, 5.74) is 0.270. The lowest BCUT2D eigenvalue weighted by Crippen LogP contribution is -2.24. The number of rotatable bonds is 3. The molecule has 0 atom stereocenters. The van der Waals surface area contributed by atoms with Crippen LogP contribution in [0.1, 0.15) is 16.7 Å². The topological polar surface area (TPSA) is 37.4 Å². The molecule has 0 heterocycles. The fourth-order valence-corrected chi connectivity index (χ4v) is 2.45. The maximum Gasteiger partial charge on any atom is 0.416 e. The van der Waals surface area contributed by atoms with Gasteiger partial charge in [-0.25, -0.2) is 12.7 Å². The van der Waals surface area contributed by atoms with E-state index in [1.54, 1.807) is 24.3 Å². The number of sulfonamides is 1. The Morgan fingerprint density at radius 1 is 1.00 bits per heavy atom. The van der Waals surface area contributed by atoms with E-state index < -0.39 is 21.8 Å². The Morgan fingerprint density at radius 2 is 1.58 bits per heavy atom. The van der Waals surface area contributed by atoms with Gasteiger partial charge in [-0.15, -0.1) is 0 Å². The fraction of sp³-hybridized carbons (Fsp3) is 0.176. The smallest absolute Gasteiger partial charge is 0.224 e. The van der Waals surface area contributed by atoms with E-state index >= 15 is 0 Å². The summed E-state index contributed by atoms with van der Waals surface area (Å²) in [6.07, 6.45) is -3.39. The van der Waals surface area contributed by atoms with Crippen LogP contribution in [0.5, 0.6) is 0 Å². The summed E-state index contributed by atoms with van der Waals surface area (Å²) in [5.74, 6) is 2.58. The highest BCUT2D eigenvalue weighted by Gasteiger charge is 2.29. The molecule has 2 aromatic carbocycles. The molecular weight excluding hydrogens is 339 g/mol. The van der Waals surface area contributed by atoms with E-state index in [0.717, 1.165) is 28.3 Å². The van der Waals surface area contributed by atoms with Crippen LogP contribution in [0.2, 0.25) is 0 Å². The summed E-state index contributed by atoms with van der Waals surface area (Å²) < 4.78 is 62.1. The van der Waals surface area contributed by atoms with E-state index in [-0.39, 0.29) is 6.54 Å². The minimum atomic E-state index is -4.42. The molecule has 0 aliphatic heterocycles. The molecule has 0 aliphatic carbocycles. The molecule has 0 bridgehead atoms. The Hall–Kier alpha value is -2.46. The highest BCUT2D eigenvalue weighted by molar-refractivity contribution is 7.88. The maximum atomic E-state index is 12.5. The first-order valence-corrected chi connectivity index (χ1v) is 8.71. The van der Waals surface area contributed by atoms with Crippen molar-refractivity contribution in [3.63, 3.8) is 0 Å². The molecule has 2 aromatic rings. The average Bonchev–Trinajstić information content (AvgIpc) is 2.51. The normalized spacial score (nSPS) is 11.5. The molecule has 2 rings (SSSR count). The van der Waals surface area contributed by atoms with Gasteiger partial charge in [0.25, 0.3) is 0 Å². The molecule has 0 radical (unpaired) electrons. The third-order valence-corrected chi connectivity index (χ3v) is 4.13. The number of alkyl halides is 3. The summed E-state index contributed by atoms with van der Waals surface area (Å²) in [4.78, 5) is 0. The first kappa shape index (κ1) is 17.9. The van der Waals surface area contributed by atoms with Crippen LogP contribution in [0.3, 0.4) is 0 Å². The van der Waals surface area contributed by atoms with E-state index in [4.69, 9.17) is 0 Å². The molecular formula is C17H14F3NO2S. The van der Waals surface area contributed by atoms with Crippen LogP contribution in [0, 0.1) is 12.0 Å². The van der Waals surface area contributed by atoms with Crippen molar-refractivity contribution in [2.45, 2.75) is 12.7 Å². The van der Waals surface area contributed by atoms with Crippen LogP contribution in [0.4, 0.5) is 13.2 Å². The van der Waals surface area contributed by atoms with E-state index in [0.29, 0.717) is 5.56 Å². The fourth-order valence-electron chi connectivity index (χ4n) is 1.86. The molecule has 0 N–H and O–H groups in total. The second-order valence-electron chi connectivity index (χ2n) is 5.07. The van der Waals surface area contributed by atoms with Gasteiger partial charge in [-0.3, -0.25) is 0 Å². The third kappa shape index (κ3) is 5.03. The van der Waals surface area contributed by atoms with E-state index in [1.165, 1.54) is 12.1 Å². The van der Waals surface area contributed by atoms with Crippen molar-refractivity contribution in [2.75, 3.05) is 6.26 Å². The molecule has 0 aliphatic rings. The Morgan fingerprint density at radius 3 is 2.08 bits per heavy atom. The van der Waals surface area contributed by atoms with Gasteiger partial charge in [0.05, 0.1) is 18.4 Å². The molecule has 0 saturated heterocycles. The van der Waals surface area contributed by atoms with Gasteiger partial charge in [-0.2, -0.15) is 13.2 Å². The number of hydrogen-bond acceptors (Lipinski definition) is 2. The predicted molar refractivity (Wildman–Crippen MR) is 85.2 cm³/mol. The van der Waals surface area contributed by atoms with Crippen LogP contribution in [0.25, 0.3) is 0 Å². The molecule has 0 unspecified atom stereocenters. The minimum absolute atomic E-state index is 0.0628. The first-order valence-electron chi connectivity index (χ1n) is 6.87. The van der Waals surface area contributed by atoms with Gasteiger partial charge in [-0.05, 0) is 35.7 Å². The van der Waals surface area contributed by atoms with Crippen molar-refractivity contribution < 1.29 is 21.6 Å². The molecule has 0 amide bonds. The van der Waals surface area contributed by atoms with Gasteiger partial charge in [0.1, 0.15) is 0 Å². The largest absolute Gasteiger partial charge is 0.416 e. The Kier molecular flexibility index (Phi) is 5.20.